The summed E-state index contributed by atoms with van der Waals surface area (Å²) >= 11 is 0. The van der Waals surface area contributed by atoms with E-state index in [2.05, 4.69) is 4.90 Å². The first-order valence-corrected chi connectivity index (χ1v) is 4.18. The SMILES string of the molecule is CN(CC(C)(O)CN)C1CC1. The molecule has 1 aliphatic carbocycles. The van der Waals surface area contributed by atoms with Crippen LogP contribution in [0.4, 0.5) is 0 Å². The number of rotatable bonds is 4. The Morgan fingerprint density at radius 2 is 2.18 bits per heavy atom. The van der Waals surface area contributed by atoms with E-state index in [0.29, 0.717) is 19.1 Å². The molecule has 0 heterocycles. The fourth-order valence-electron chi connectivity index (χ4n) is 1.25. The first-order valence-electron chi connectivity index (χ1n) is 4.18. The molecule has 3 heteroatoms. The largest absolute Gasteiger partial charge is 0.388 e. The summed E-state index contributed by atoms with van der Waals surface area (Å²) in [5.41, 5.74) is 4.69. The number of nitrogens with two attached hydrogens (primary N) is 1. The maximum Gasteiger partial charge on any atom is 0.0867 e. The highest BCUT2D eigenvalue weighted by molar-refractivity contribution is 4.87. The van der Waals surface area contributed by atoms with Crippen molar-refractivity contribution in [2.45, 2.75) is 31.4 Å². The van der Waals surface area contributed by atoms with Crippen LogP contribution in [0.25, 0.3) is 0 Å². The Balaban J connectivity index is 2.27. The van der Waals surface area contributed by atoms with Gasteiger partial charge in [0, 0.05) is 19.1 Å². The normalized spacial score (nSPS) is 23.7. The van der Waals surface area contributed by atoms with Crippen molar-refractivity contribution in [3.8, 4) is 0 Å². The van der Waals surface area contributed by atoms with Crippen LogP contribution in [0.15, 0.2) is 0 Å². The highest BCUT2D eigenvalue weighted by Gasteiger charge is 2.30. The zero-order chi connectivity index (χ0) is 8.48. The van der Waals surface area contributed by atoms with Crippen LogP contribution in [-0.2, 0) is 0 Å². The first kappa shape index (κ1) is 8.97. The summed E-state index contributed by atoms with van der Waals surface area (Å²) in [7, 11) is 2.04. The Morgan fingerprint density at radius 3 is 2.55 bits per heavy atom. The Hall–Kier alpha value is -0.120. The van der Waals surface area contributed by atoms with Gasteiger partial charge in [0.2, 0.25) is 0 Å². The topological polar surface area (TPSA) is 49.5 Å². The van der Waals surface area contributed by atoms with Gasteiger partial charge < -0.3 is 15.7 Å². The van der Waals surface area contributed by atoms with Crippen LogP contribution in [0.3, 0.4) is 0 Å². The van der Waals surface area contributed by atoms with Crippen LogP contribution in [0.2, 0.25) is 0 Å². The average Bonchev–Trinajstić information content (AvgIpc) is 2.67. The Morgan fingerprint density at radius 1 is 1.64 bits per heavy atom. The maximum atomic E-state index is 9.60. The van der Waals surface area contributed by atoms with E-state index in [1.165, 1.54) is 12.8 Å². The third-order valence-electron chi connectivity index (χ3n) is 2.20. The van der Waals surface area contributed by atoms with E-state index in [-0.39, 0.29) is 0 Å². The van der Waals surface area contributed by atoms with Crippen LogP contribution in [-0.4, -0.2) is 41.8 Å². The van der Waals surface area contributed by atoms with Gasteiger partial charge in [0.25, 0.3) is 0 Å². The first-order chi connectivity index (χ1) is 5.05. The van der Waals surface area contributed by atoms with Crippen molar-refractivity contribution < 1.29 is 5.11 Å². The van der Waals surface area contributed by atoms with Gasteiger partial charge >= 0.3 is 0 Å². The molecule has 3 N–H and O–H groups in total. The van der Waals surface area contributed by atoms with Gasteiger partial charge in [-0.1, -0.05) is 0 Å². The summed E-state index contributed by atoms with van der Waals surface area (Å²) in [4.78, 5) is 2.19. The third kappa shape index (κ3) is 2.77. The summed E-state index contributed by atoms with van der Waals surface area (Å²) in [6, 6.07) is 0.702. The minimum absolute atomic E-state index is 0.337. The monoisotopic (exact) mass is 158 g/mol. The number of hydrogen-bond donors (Lipinski definition) is 2. The zero-order valence-electron chi connectivity index (χ0n) is 7.38. The van der Waals surface area contributed by atoms with E-state index in [9.17, 15) is 5.11 Å². The molecular weight excluding hydrogens is 140 g/mol. The van der Waals surface area contributed by atoms with Gasteiger partial charge in [-0.05, 0) is 26.8 Å². The molecule has 1 aliphatic rings. The highest BCUT2D eigenvalue weighted by Crippen LogP contribution is 2.26. The molecule has 0 aliphatic heterocycles. The van der Waals surface area contributed by atoms with Crippen molar-refractivity contribution in [3.05, 3.63) is 0 Å². The minimum Gasteiger partial charge on any atom is -0.388 e. The molecule has 1 unspecified atom stereocenters. The predicted octanol–water partition coefficient (Wildman–Crippen LogP) is -0.210. The summed E-state index contributed by atoms with van der Waals surface area (Å²) < 4.78 is 0. The summed E-state index contributed by atoms with van der Waals surface area (Å²) in [6.07, 6.45) is 2.55. The maximum absolute atomic E-state index is 9.60. The van der Waals surface area contributed by atoms with Crippen LogP contribution >= 0.6 is 0 Å². The fourth-order valence-corrected chi connectivity index (χ4v) is 1.25. The Kier molecular flexibility index (Phi) is 2.52. The lowest BCUT2D eigenvalue weighted by Crippen LogP contribution is -2.45. The molecule has 11 heavy (non-hydrogen) atoms. The number of nitrogens with zero attached hydrogens (tertiary/aromatic N) is 1. The summed E-state index contributed by atoms with van der Waals surface area (Å²) in [6.45, 7) is 2.81. The van der Waals surface area contributed by atoms with Crippen LogP contribution in [0.5, 0.6) is 0 Å². The number of likely N-dealkylation sites (N-methyl/N-ethyl adjacent to an activating group) is 1. The lowest BCUT2D eigenvalue weighted by atomic mass is 10.1. The molecule has 1 fully saturated rings. The molecule has 0 aromatic carbocycles. The van der Waals surface area contributed by atoms with Crippen molar-refractivity contribution in [1.29, 1.82) is 0 Å². The molecule has 0 saturated heterocycles. The third-order valence-corrected chi connectivity index (χ3v) is 2.20. The van der Waals surface area contributed by atoms with Gasteiger partial charge in [-0.2, -0.15) is 0 Å². The van der Waals surface area contributed by atoms with E-state index in [0.717, 1.165) is 0 Å². The molecule has 0 amide bonds. The molecule has 1 saturated carbocycles. The van der Waals surface area contributed by atoms with Crippen molar-refractivity contribution >= 4 is 0 Å². The van der Waals surface area contributed by atoms with Crippen molar-refractivity contribution in [3.63, 3.8) is 0 Å². The molecule has 0 aromatic heterocycles. The zero-order valence-corrected chi connectivity index (χ0v) is 7.38. The standard InChI is InChI=1S/C8H18N2O/c1-8(11,5-9)6-10(2)7-3-4-7/h7,11H,3-6,9H2,1-2H3. The second kappa shape index (κ2) is 3.09. The second-order valence-electron chi connectivity index (χ2n) is 3.85. The summed E-state index contributed by atoms with van der Waals surface area (Å²) in [5, 5.41) is 9.60. The molecule has 1 rings (SSSR count). The van der Waals surface area contributed by atoms with E-state index in [1.54, 1.807) is 6.92 Å². The molecule has 0 spiro atoms. The lowest BCUT2D eigenvalue weighted by molar-refractivity contribution is 0.0330. The van der Waals surface area contributed by atoms with E-state index < -0.39 is 5.60 Å². The van der Waals surface area contributed by atoms with Crippen molar-refractivity contribution in [1.82, 2.24) is 4.90 Å². The van der Waals surface area contributed by atoms with Gasteiger partial charge in [0.15, 0.2) is 0 Å². The molecule has 0 aromatic rings. The van der Waals surface area contributed by atoms with Gasteiger partial charge in [-0.3, -0.25) is 0 Å². The van der Waals surface area contributed by atoms with E-state index in [1.807, 2.05) is 7.05 Å². The van der Waals surface area contributed by atoms with E-state index in [4.69, 9.17) is 5.73 Å². The van der Waals surface area contributed by atoms with Gasteiger partial charge in [-0.25, -0.2) is 0 Å². The lowest BCUT2D eigenvalue weighted by Gasteiger charge is -2.27. The van der Waals surface area contributed by atoms with Crippen molar-refractivity contribution in [2.75, 3.05) is 20.1 Å². The predicted molar refractivity (Wildman–Crippen MR) is 45.3 cm³/mol. The van der Waals surface area contributed by atoms with Crippen molar-refractivity contribution in [2.24, 2.45) is 5.73 Å². The fraction of sp³-hybridized carbons (Fsp3) is 1.00. The van der Waals surface area contributed by atoms with E-state index >= 15 is 0 Å². The highest BCUT2D eigenvalue weighted by atomic mass is 16.3. The van der Waals surface area contributed by atoms with Gasteiger partial charge in [0.05, 0.1) is 5.60 Å². The number of aliphatic hydroxyl groups is 1. The molecule has 0 bridgehead atoms. The number of hydrogen-bond acceptors (Lipinski definition) is 3. The molecular formula is C8H18N2O. The second-order valence-corrected chi connectivity index (χ2v) is 3.85. The van der Waals surface area contributed by atoms with Crippen LogP contribution in [0, 0.1) is 0 Å². The Labute approximate surface area is 68.2 Å². The van der Waals surface area contributed by atoms with Crippen LogP contribution in [0.1, 0.15) is 19.8 Å². The van der Waals surface area contributed by atoms with Gasteiger partial charge in [-0.15, -0.1) is 0 Å². The molecule has 1 atom stereocenters. The van der Waals surface area contributed by atoms with Crippen LogP contribution < -0.4 is 5.73 Å². The average molecular weight is 158 g/mol. The molecule has 3 nitrogen and oxygen atoms in total. The smallest absolute Gasteiger partial charge is 0.0867 e. The molecule has 0 radical (unpaired) electrons. The quantitative estimate of drug-likeness (QED) is 0.595. The minimum atomic E-state index is -0.711. The molecule has 66 valence electrons. The summed E-state index contributed by atoms with van der Waals surface area (Å²) in [5.74, 6) is 0. The Bertz CT molecular complexity index is 132. The van der Waals surface area contributed by atoms with Gasteiger partial charge in [0.1, 0.15) is 0 Å².